The standard InChI is InChI=1S/C9H9NO3/c11-8(12)5-1-3-7-4-2-6-10-9(7)13/h1-4,6H,5H2,(H,10,13)(H,11,12). The Labute approximate surface area is 74.5 Å². The quantitative estimate of drug-likeness (QED) is 0.723. The molecule has 0 spiro atoms. The van der Waals surface area contributed by atoms with E-state index in [4.69, 9.17) is 5.11 Å². The third-order valence-corrected chi connectivity index (χ3v) is 1.44. The second-order valence-corrected chi connectivity index (χ2v) is 2.45. The van der Waals surface area contributed by atoms with Gasteiger partial charge in [-0.3, -0.25) is 9.59 Å². The van der Waals surface area contributed by atoms with Crippen LogP contribution in [-0.2, 0) is 4.79 Å². The van der Waals surface area contributed by atoms with Gasteiger partial charge >= 0.3 is 5.97 Å². The van der Waals surface area contributed by atoms with Gasteiger partial charge in [0.2, 0.25) is 0 Å². The summed E-state index contributed by atoms with van der Waals surface area (Å²) in [5, 5.41) is 8.32. The van der Waals surface area contributed by atoms with Crippen LogP contribution in [0.1, 0.15) is 12.0 Å². The third-order valence-electron chi connectivity index (χ3n) is 1.44. The molecular weight excluding hydrogens is 170 g/mol. The van der Waals surface area contributed by atoms with Gasteiger partial charge in [0.1, 0.15) is 0 Å². The van der Waals surface area contributed by atoms with Crippen LogP contribution >= 0.6 is 0 Å². The van der Waals surface area contributed by atoms with Crippen LogP contribution in [0.3, 0.4) is 0 Å². The molecule has 0 aromatic carbocycles. The summed E-state index contributed by atoms with van der Waals surface area (Å²) in [4.78, 5) is 23.7. The highest BCUT2D eigenvalue weighted by Gasteiger charge is 1.93. The van der Waals surface area contributed by atoms with E-state index in [2.05, 4.69) is 4.98 Å². The number of pyridine rings is 1. The van der Waals surface area contributed by atoms with Crippen molar-refractivity contribution in [1.29, 1.82) is 0 Å². The van der Waals surface area contributed by atoms with Gasteiger partial charge in [-0.05, 0) is 12.1 Å². The zero-order valence-electron chi connectivity index (χ0n) is 6.86. The van der Waals surface area contributed by atoms with Gasteiger partial charge in [-0.25, -0.2) is 0 Å². The van der Waals surface area contributed by atoms with Crippen molar-refractivity contribution in [2.24, 2.45) is 0 Å². The lowest BCUT2D eigenvalue weighted by molar-refractivity contribution is -0.135. The molecule has 0 aliphatic rings. The highest BCUT2D eigenvalue weighted by atomic mass is 16.4. The Bertz CT molecular complexity index is 378. The van der Waals surface area contributed by atoms with Gasteiger partial charge in [-0.2, -0.15) is 0 Å². The molecule has 4 heteroatoms. The Balaban J connectivity index is 2.75. The molecule has 0 saturated heterocycles. The molecule has 0 saturated carbocycles. The summed E-state index contributed by atoms with van der Waals surface area (Å²) in [7, 11) is 0. The highest BCUT2D eigenvalue weighted by molar-refractivity contribution is 5.70. The molecule has 0 unspecified atom stereocenters. The SMILES string of the molecule is O=C(O)CC=Cc1ccc[nH]c1=O. The molecule has 0 aliphatic carbocycles. The van der Waals surface area contributed by atoms with Crippen LogP contribution in [0.5, 0.6) is 0 Å². The van der Waals surface area contributed by atoms with E-state index in [-0.39, 0.29) is 12.0 Å². The monoisotopic (exact) mass is 179 g/mol. The van der Waals surface area contributed by atoms with Gasteiger partial charge in [0.25, 0.3) is 5.56 Å². The second kappa shape index (κ2) is 4.25. The van der Waals surface area contributed by atoms with Crippen LogP contribution < -0.4 is 5.56 Å². The lowest BCUT2D eigenvalue weighted by atomic mass is 10.2. The Kier molecular flexibility index (Phi) is 3.03. The predicted octanol–water partition coefficient (Wildman–Crippen LogP) is 0.863. The first-order valence-electron chi connectivity index (χ1n) is 3.76. The molecule has 0 fully saturated rings. The minimum Gasteiger partial charge on any atom is -0.481 e. The fourth-order valence-corrected chi connectivity index (χ4v) is 0.853. The van der Waals surface area contributed by atoms with E-state index in [1.807, 2.05) is 0 Å². The maximum absolute atomic E-state index is 11.0. The third kappa shape index (κ3) is 2.94. The van der Waals surface area contributed by atoms with Gasteiger partial charge in [0.05, 0.1) is 6.42 Å². The summed E-state index contributed by atoms with van der Waals surface area (Å²) in [6.45, 7) is 0. The van der Waals surface area contributed by atoms with Gasteiger partial charge in [-0.15, -0.1) is 0 Å². The molecule has 4 nitrogen and oxygen atoms in total. The van der Waals surface area contributed by atoms with E-state index in [1.165, 1.54) is 18.3 Å². The summed E-state index contributed by atoms with van der Waals surface area (Å²) in [5.41, 5.74) is 0.243. The number of aromatic amines is 1. The molecule has 2 N–H and O–H groups in total. The molecule has 0 atom stereocenters. The van der Waals surface area contributed by atoms with Crippen LogP contribution in [0, 0.1) is 0 Å². The van der Waals surface area contributed by atoms with Gasteiger partial charge in [0, 0.05) is 11.8 Å². The van der Waals surface area contributed by atoms with Crippen molar-refractivity contribution in [3.05, 3.63) is 40.3 Å². The fraction of sp³-hybridized carbons (Fsp3) is 0.111. The van der Waals surface area contributed by atoms with Crippen LogP contribution in [0.2, 0.25) is 0 Å². The molecule has 1 aromatic heterocycles. The molecule has 1 heterocycles. The number of rotatable bonds is 3. The Morgan fingerprint density at radius 1 is 1.62 bits per heavy atom. The lowest BCUT2D eigenvalue weighted by Crippen LogP contribution is -2.06. The van der Waals surface area contributed by atoms with E-state index in [0.717, 1.165) is 0 Å². The van der Waals surface area contributed by atoms with Crippen molar-refractivity contribution < 1.29 is 9.90 Å². The topological polar surface area (TPSA) is 70.2 Å². The van der Waals surface area contributed by atoms with Crippen molar-refractivity contribution in [3.8, 4) is 0 Å². The van der Waals surface area contributed by atoms with E-state index in [9.17, 15) is 9.59 Å². The van der Waals surface area contributed by atoms with Crippen molar-refractivity contribution in [1.82, 2.24) is 4.98 Å². The van der Waals surface area contributed by atoms with Crippen LogP contribution in [0.15, 0.2) is 29.2 Å². The van der Waals surface area contributed by atoms with Crippen LogP contribution in [0.4, 0.5) is 0 Å². The number of aromatic nitrogens is 1. The first kappa shape index (κ1) is 9.25. The molecule has 0 aliphatic heterocycles. The van der Waals surface area contributed by atoms with Gasteiger partial charge in [-0.1, -0.05) is 12.2 Å². The average Bonchev–Trinajstić information content (AvgIpc) is 2.08. The Morgan fingerprint density at radius 2 is 2.38 bits per heavy atom. The first-order chi connectivity index (χ1) is 6.20. The van der Waals surface area contributed by atoms with Crippen molar-refractivity contribution >= 4 is 12.0 Å². The molecule has 0 amide bonds. The number of nitrogens with one attached hydrogen (secondary N) is 1. The van der Waals surface area contributed by atoms with Gasteiger partial charge in [0.15, 0.2) is 0 Å². The molecular formula is C9H9NO3. The van der Waals surface area contributed by atoms with Crippen molar-refractivity contribution in [3.63, 3.8) is 0 Å². The second-order valence-electron chi connectivity index (χ2n) is 2.45. The molecule has 1 rings (SSSR count). The minimum atomic E-state index is -0.913. The highest BCUT2D eigenvalue weighted by Crippen LogP contribution is 1.94. The van der Waals surface area contributed by atoms with E-state index < -0.39 is 5.97 Å². The Morgan fingerprint density at radius 3 is 3.00 bits per heavy atom. The first-order valence-corrected chi connectivity index (χ1v) is 3.76. The summed E-state index contributed by atoms with van der Waals surface area (Å²) < 4.78 is 0. The molecule has 1 aromatic rings. The largest absolute Gasteiger partial charge is 0.481 e. The number of hydrogen-bond donors (Lipinski definition) is 2. The van der Waals surface area contributed by atoms with Crippen molar-refractivity contribution in [2.45, 2.75) is 6.42 Å². The smallest absolute Gasteiger partial charge is 0.307 e. The molecule has 0 radical (unpaired) electrons. The number of carboxylic acid groups (broad SMARTS) is 1. The minimum absolute atomic E-state index is 0.0751. The maximum atomic E-state index is 11.0. The maximum Gasteiger partial charge on any atom is 0.307 e. The lowest BCUT2D eigenvalue weighted by Gasteiger charge is -1.89. The number of carbonyl (C=O) groups is 1. The normalized spacial score (nSPS) is 10.5. The summed E-state index contributed by atoms with van der Waals surface area (Å²) in [6.07, 6.45) is 4.38. The van der Waals surface area contributed by atoms with Crippen LogP contribution in [0.25, 0.3) is 6.08 Å². The van der Waals surface area contributed by atoms with E-state index >= 15 is 0 Å². The summed E-state index contributed by atoms with van der Waals surface area (Å²) in [5.74, 6) is -0.913. The number of carboxylic acids is 1. The average molecular weight is 179 g/mol. The molecule has 0 bridgehead atoms. The summed E-state index contributed by atoms with van der Waals surface area (Å²) >= 11 is 0. The Hall–Kier alpha value is -1.84. The zero-order chi connectivity index (χ0) is 9.68. The van der Waals surface area contributed by atoms with E-state index in [1.54, 1.807) is 12.1 Å². The molecule has 68 valence electrons. The van der Waals surface area contributed by atoms with Crippen molar-refractivity contribution in [2.75, 3.05) is 0 Å². The summed E-state index contributed by atoms with van der Waals surface area (Å²) in [6, 6.07) is 3.30. The number of hydrogen-bond acceptors (Lipinski definition) is 2. The molecule has 13 heavy (non-hydrogen) atoms. The number of H-pyrrole nitrogens is 1. The predicted molar refractivity (Wildman–Crippen MR) is 48.3 cm³/mol. The zero-order valence-corrected chi connectivity index (χ0v) is 6.86. The number of aliphatic carboxylic acids is 1. The fourth-order valence-electron chi connectivity index (χ4n) is 0.853. The van der Waals surface area contributed by atoms with E-state index in [0.29, 0.717) is 5.56 Å². The van der Waals surface area contributed by atoms with Gasteiger partial charge < -0.3 is 10.1 Å². The van der Waals surface area contributed by atoms with Crippen LogP contribution in [-0.4, -0.2) is 16.1 Å².